The van der Waals surface area contributed by atoms with Crippen LogP contribution < -0.4 is 5.32 Å². The van der Waals surface area contributed by atoms with Crippen LogP contribution in [0.4, 0.5) is 4.79 Å². The molecule has 1 aromatic rings. The molecule has 0 bridgehead atoms. The molecule has 26 heavy (non-hydrogen) atoms. The summed E-state index contributed by atoms with van der Waals surface area (Å²) in [5.41, 5.74) is 0. The molecule has 2 fully saturated rings. The van der Waals surface area contributed by atoms with Crippen molar-refractivity contribution in [2.45, 2.75) is 57.5 Å². The lowest BCUT2D eigenvalue weighted by atomic mass is 9.85. The minimum atomic E-state index is -0.814. The van der Waals surface area contributed by atoms with Gasteiger partial charge >= 0.3 is 12.0 Å². The quantitative estimate of drug-likeness (QED) is 0.751. The predicted molar refractivity (Wildman–Crippen MR) is 92.6 cm³/mol. The topological polar surface area (TPSA) is 112 Å². The van der Waals surface area contributed by atoms with Crippen LogP contribution in [-0.2, 0) is 11.3 Å². The first-order valence-electron chi connectivity index (χ1n) is 9.37. The average Bonchev–Trinajstić information content (AvgIpc) is 3.00. The molecule has 0 radical (unpaired) electrons. The molecule has 9 heteroatoms. The second-order valence-electron chi connectivity index (χ2n) is 7.08. The summed E-state index contributed by atoms with van der Waals surface area (Å²) in [4.78, 5) is 31.3. The summed E-state index contributed by atoms with van der Waals surface area (Å²) >= 11 is 0. The number of likely N-dealkylation sites (tertiary alicyclic amines) is 1. The Labute approximate surface area is 152 Å². The van der Waals surface area contributed by atoms with Crippen molar-refractivity contribution in [3.8, 4) is 0 Å². The fraction of sp³-hybridized carbons (Fsp3) is 0.765. The lowest BCUT2D eigenvalue weighted by Crippen LogP contribution is -2.49. The Morgan fingerprint density at radius 3 is 2.62 bits per heavy atom. The van der Waals surface area contributed by atoms with E-state index in [0.29, 0.717) is 43.8 Å². The van der Waals surface area contributed by atoms with Crippen molar-refractivity contribution in [3.63, 3.8) is 0 Å². The summed E-state index contributed by atoms with van der Waals surface area (Å²) < 4.78 is 5.31. The molecule has 0 unspecified atom stereocenters. The lowest BCUT2D eigenvalue weighted by molar-refractivity contribution is -0.138. The third-order valence-electron chi connectivity index (χ3n) is 5.21. The van der Waals surface area contributed by atoms with Crippen LogP contribution in [0, 0.1) is 0 Å². The molecular formula is C17H27N5O4. The van der Waals surface area contributed by atoms with Gasteiger partial charge in [0.15, 0.2) is 5.82 Å². The van der Waals surface area contributed by atoms with E-state index in [2.05, 4.69) is 15.5 Å². The number of carboxylic acids is 1. The number of rotatable bonds is 7. The van der Waals surface area contributed by atoms with Crippen LogP contribution in [0.5, 0.6) is 0 Å². The number of nitrogens with zero attached hydrogens (tertiary/aromatic N) is 4. The molecule has 0 atom stereocenters. The second-order valence-corrected chi connectivity index (χ2v) is 7.08. The van der Waals surface area contributed by atoms with Crippen molar-refractivity contribution in [2.24, 2.45) is 0 Å². The van der Waals surface area contributed by atoms with Crippen molar-refractivity contribution in [1.82, 2.24) is 25.3 Å². The Hall–Kier alpha value is -2.16. The number of amides is 2. The smallest absolute Gasteiger partial charge is 0.318 e. The molecule has 0 spiro atoms. The number of carbonyl (C=O) groups excluding carboxylic acids is 1. The van der Waals surface area contributed by atoms with Gasteiger partial charge in [0.05, 0.1) is 13.1 Å². The number of hydrogen-bond donors (Lipinski definition) is 2. The number of nitrogens with one attached hydrogen (secondary N) is 1. The van der Waals surface area contributed by atoms with E-state index in [9.17, 15) is 9.59 Å². The number of carbonyl (C=O) groups is 2. The molecular weight excluding hydrogens is 338 g/mol. The third-order valence-corrected chi connectivity index (χ3v) is 5.21. The molecule has 2 aliphatic rings. The van der Waals surface area contributed by atoms with Gasteiger partial charge in [-0.3, -0.25) is 9.69 Å². The first kappa shape index (κ1) is 18.6. The summed E-state index contributed by atoms with van der Waals surface area (Å²) in [6, 6.07) is -0.0726. The van der Waals surface area contributed by atoms with Gasteiger partial charge in [-0.25, -0.2) is 4.79 Å². The first-order chi connectivity index (χ1) is 12.5. The molecule has 1 aliphatic heterocycles. The number of piperidine rings is 1. The molecule has 2 N–H and O–H groups in total. The van der Waals surface area contributed by atoms with Crippen LogP contribution in [0.15, 0.2) is 4.52 Å². The maximum Gasteiger partial charge on any atom is 0.318 e. The normalized spacial score (nSPS) is 19.1. The predicted octanol–water partition coefficient (Wildman–Crippen LogP) is 1.42. The molecule has 1 saturated heterocycles. The summed E-state index contributed by atoms with van der Waals surface area (Å²) in [6.07, 6.45) is 4.91. The van der Waals surface area contributed by atoms with Crippen molar-refractivity contribution in [1.29, 1.82) is 0 Å². The zero-order chi connectivity index (χ0) is 18.5. The van der Waals surface area contributed by atoms with Crippen LogP contribution in [0.25, 0.3) is 0 Å². The van der Waals surface area contributed by atoms with E-state index in [1.165, 1.54) is 6.42 Å². The maximum atomic E-state index is 12.5. The van der Waals surface area contributed by atoms with Crippen molar-refractivity contribution in [3.05, 3.63) is 11.7 Å². The molecule has 144 valence electrons. The summed E-state index contributed by atoms with van der Waals surface area (Å²) in [5, 5.41) is 15.9. The van der Waals surface area contributed by atoms with Crippen LogP contribution in [0.3, 0.4) is 0 Å². The fourth-order valence-electron chi connectivity index (χ4n) is 3.34. The SMILES string of the molecule is CCN(Cc1noc(C2CCC2)n1)C(=O)NC1CCN(CC(=O)O)CC1. The van der Waals surface area contributed by atoms with E-state index in [-0.39, 0.29) is 18.6 Å². The second kappa shape index (κ2) is 8.48. The molecule has 0 aromatic carbocycles. The molecule has 1 aliphatic carbocycles. The highest BCUT2D eigenvalue weighted by molar-refractivity contribution is 5.74. The van der Waals surface area contributed by atoms with E-state index < -0.39 is 5.97 Å². The van der Waals surface area contributed by atoms with Crippen LogP contribution in [0.1, 0.15) is 56.7 Å². The fourth-order valence-corrected chi connectivity index (χ4v) is 3.34. The number of hydrogen-bond acceptors (Lipinski definition) is 6. The number of aromatic nitrogens is 2. The highest BCUT2D eigenvalue weighted by atomic mass is 16.5. The molecule has 1 saturated carbocycles. The van der Waals surface area contributed by atoms with Crippen LogP contribution in [0.2, 0.25) is 0 Å². The zero-order valence-electron chi connectivity index (χ0n) is 15.2. The van der Waals surface area contributed by atoms with E-state index in [1.54, 1.807) is 4.90 Å². The molecule has 9 nitrogen and oxygen atoms in total. The van der Waals surface area contributed by atoms with Gasteiger partial charge in [-0.05, 0) is 32.6 Å². The zero-order valence-corrected chi connectivity index (χ0v) is 15.2. The first-order valence-corrected chi connectivity index (χ1v) is 9.37. The Morgan fingerprint density at radius 2 is 2.04 bits per heavy atom. The van der Waals surface area contributed by atoms with Crippen molar-refractivity contribution >= 4 is 12.0 Å². The minimum Gasteiger partial charge on any atom is -0.480 e. The van der Waals surface area contributed by atoms with Gasteiger partial charge in [-0.1, -0.05) is 11.6 Å². The van der Waals surface area contributed by atoms with Gasteiger partial charge in [0, 0.05) is 31.6 Å². The van der Waals surface area contributed by atoms with Gasteiger partial charge in [0.2, 0.25) is 5.89 Å². The monoisotopic (exact) mass is 365 g/mol. The summed E-state index contributed by atoms with van der Waals surface area (Å²) in [5.74, 6) is 0.802. The maximum absolute atomic E-state index is 12.5. The van der Waals surface area contributed by atoms with Gasteiger partial charge < -0.3 is 19.8 Å². The van der Waals surface area contributed by atoms with Gasteiger partial charge in [0.1, 0.15) is 0 Å². The standard InChI is InChI=1S/C17H27N5O4/c1-2-22(10-14-19-16(26-20-14)12-4-3-5-12)17(25)18-13-6-8-21(9-7-13)11-15(23)24/h12-13H,2-11H2,1H3,(H,18,25)(H,23,24). The Bertz CT molecular complexity index is 622. The third kappa shape index (κ3) is 4.72. The van der Waals surface area contributed by atoms with E-state index >= 15 is 0 Å². The number of carboxylic acid groups (broad SMARTS) is 1. The average molecular weight is 365 g/mol. The number of aliphatic carboxylic acids is 1. The summed E-state index contributed by atoms with van der Waals surface area (Å²) in [6.45, 7) is 4.22. The van der Waals surface area contributed by atoms with Gasteiger partial charge in [-0.15, -0.1) is 0 Å². The summed E-state index contributed by atoms with van der Waals surface area (Å²) in [7, 11) is 0. The Morgan fingerprint density at radius 1 is 1.31 bits per heavy atom. The molecule has 1 aromatic heterocycles. The van der Waals surface area contributed by atoms with E-state index in [1.807, 2.05) is 11.8 Å². The van der Waals surface area contributed by atoms with Gasteiger partial charge in [-0.2, -0.15) is 4.98 Å². The minimum absolute atomic E-state index is 0.0584. The largest absolute Gasteiger partial charge is 0.480 e. The van der Waals surface area contributed by atoms with Crippen LogP contribution >= 0.6 is 0 Å². The molecule has 2 heterocycles. The van der Waals surface area contributed by atoms with Crippen molar-refractivity contribution in [2.75, 3.05) is 26.2 Å². The number of urea groups is 1. The highest BCUT2D eigenvalue weighted by Gasteiger charge is 2.27. The molecule has 2 amide bonds. The van der Waals surface area contributed by atoms with E-state index in [4.69, 9.17) is 9.63 Å². The molecule has 3 rings (SSSR count). The Balaban J connectivity index is 1.46. The van der Waals surface area contributed by atoms with Crippen molar-refractivity contribution < 1.29 is 19.2 Å². The van der Waals surface area contributed by atoms with E-state index in [0.717, 1.165) is 25.7 Å². The lowest BCUT2D eigenvalue weighted by Gasteiger charge is -2.32. The highest BCUT2D eigenvalue weighted by Crippen LogP contribution is 2.35. The van der Waals surface area contributed by atoms with Gasteiger partial charge in [0.25, 0.3) is 0 Å². The Kier molecular flexibility index (Phi) is 6.08. The van der Waals surface area contributed by atoms with Crippen LogP contribution in [-0.4, -0.2) is 69.3 Å².